The fourth-order valence-corrected chi connectivity index (χ4v) is 4.57. The van der Waals surface area contributed by atoms with Gasteiger partial charge in [-0.1, -0.05) is 24.3 Å². The Bertz CT molecular complexity index is 992. The molecule has 0 unspecified atom stereocenters. The van der Waals surface area contributed by atoms with E-state index in [1.54, 1.807) is 6.92 Å². The van der Waals surface area contributed by atoms with Gasteiger partial charge in [-0.05, 0) is 32.4 Å². The van der Waals surface area contributed by atoms with Gasteiger partial charge in [-0.2, -0.15) is 18.0 Å². The van der Waals surface area contributed by atoms with Gasteiger partial charge in [-0.25, -0.2) is 9.37 Å². The van der Waals surface area contributed by atoms with Gasteiger partial charge in [0.15, 0.2) is 0 Å². The van der Waals surface area contributed by atoms with E-state index in [4.69, 9.17) is 0 Å². The maximum absolute atomic E-state index is 13.6. The van der Waals surface area contributed by atoms with Crippen LogP contribution >= 0.6 is 11.3 Å². The van der Waals surface area contributed by atoms with Crippen LogP contribution in [0.2, 0.25) is 0 Å². The molecule has 2 aromatic heterocycles. The molecule has 0 saturated heterocycles. The summed E-state index contributed by atoms with van der Waals surface area (Å²) in [6.07, 6.45) is 0.697. The molecular weight excluding hydrogens is 339 g/mol. The second-order valence-electron chi connectivity index (χ2n) is 5.06. The molecule has 1 aromatic carbocycles. The number of hydrogen-bond acceptors (Lipinski definition) is 5. The Hall–Kier alpha value is -2.00. The minimum atomic E-state index is -3.93. The molecule has 0 amide bonds. The number of rotatable bonds is 4. The number of anilines is 1. The summed E-state index contributed by atoms with van der Waals surface area (Å²) in [4.78, 5) is 4.78. The Labute approximate surface area is 137 Å². The summed E-state index contributed by atoms with van der Waals surface area (Å²) in [5.74, 6) is -0.470. The van der Waals surface area contributed by atoms with Crippen LogP contribution in [0.3, 0.4) is 0 Å². The van der Waals surface area contributed by atoms with Gasteiger partial charge < -0.3 is 0 Å². The molecule has 3 aromatic rings. The number of nitrogens with one attached hydrogen (secondary N) is 1. The van der Waals surface area contributed by atoms with Crippen LogP contribution in [-0.4, -0.2) is 23.0 Å². The summed E-state index contributed by atoms with van der Waals surface area (Å²) < 4.78 is 42.8. The van der Waals surface area contributed by atoms with Gasteiger partial charge in [0, 0.05) is 5.56 Å². The molecule has 0 spiro atoms. The second-order valence-corrected chi connectivity index (χ2v) is 7.70. The molecule has 122 valence electrons. The first kappa shape index (κ1) is 15.9. The summed E-state index contributed by atoms with van der Waals surface area (Å²) >= 11 is 1.35. The first-order chi connectivity index (χ1) is 10.8. The van der Waals surface area contributed by atoms with Crippen molar-refractivity contribution < 1.29 is 12.8 Å². The zero-order chi connectivity index (χ0) is 16.8. The number of benzene rings is 1. The molecular formula is C14H15FN4O2S2. The minimum absolute atomic E-state index is 0.0212. The molecule has 0 aliphatic carbocycles. The fraction of sp³-hybridized carbons (Fsp3) is 0.286. The van der Waals surface area contributed by atoms with Gasteiger partial charge in [-0.15, -0.1) is 0 Å². The van der Waals surface area contributed by atoms with Crippen LogP contribution in [0.25, 0.3) is 4.96 Å². The van der Waals surface area contributed by atoms with Crippen LogP contribution < -0.4 is 4.72 Å². The van der Waals surface area contributed by atoms with Crippen molar-refractivity contribution in [3.63, 3.8) is 0 Å². The van der Waals surface area contributed by atoms with E-state index in [9.17, 15) is 12.8 Å². The number of hydrogen-bond donors (Lipinski definition) is 1. The average Bonchev–Trinajstić information content (AvgIpc) is 2.99. The third kappa shape index (κ3) is 2.70. The largest absolute Gasteiger partial charge is 0.281 e. The van der Waals surface area contributed by atoms with Crippen molar-refractivity contribution in [2.24, 2.45) is 0 Å². The zero-order valence-electron chi connectivity index (χ0n) is 12.8. The van der Waals surface area contributed by atoms with E-state index >= 15 is 0 Å². The molecule has 0 saturated carbocycles. The van der Waals surface area contributed by atoms with Crippen LogP contribution in [0.1, 0.15) is 23.2 Å². The first-order valence-electron chi connectivity index (χ1n) is 6.96. The number of sulfonamides is 1. The first-order valence-corrected chi connectivity index (χ1v) is 9.26. The van der Waals surface area contributed by atoms with E-state index in [1.807, 2.05) is 6.92 Å². The van der Waals surface area contributed by atoms with Gasteiger partial charge in [0.1, 0.15) is 10.8 Å². The van der Waals surface area contributed by atoms with Crippen molar-refractivity contribution in [3.05, 3.63) is 40.3 Å². The van der Waals surface area contributed by atoms with E-state index < -0.39 is 15.8 Å². The second kappa shape index (κ2) is 5.57. The maximum Gasteiger partial charge on any atom is 0.281 e. The Kier molecular flexibility index (Phi) is 3.85. The lowest BCUT2D eigenvalue weighted by atomic mass is 10.2. The number of aryl methyl sites for hydroxylation is 2. The molecule has 23 heavy (non-hydrogen) atoms. The van der Waals surface area contributed by atoms with Crippen molar-refractivity contribution >= 4 is 32.0 Å². The van der Waals surface area contributed by atoms with E-state index in [-0.39, 0.29) is 16.3 Å². The van der Waals surface area contributed by atoms with Crippen molar-refractivity contribution in [2.45, 2.75) is 32.2 Å². The highest BCUT2D eigenvalue weighted by molar-refractivity contribution is 7.92. The lowest BCUT2D eigenvalue weighted by molar-refractivity contribution is 0.592. The minimum Gasteiger partial charge on any atom is -0.278 e. The van der Waals surface area contributed by atoms with Crippen LogP contribution in [0.4, 0.5) is 10.1 Å². The molecule has 3 rings (SSSR count). The lowest BCUT2D eigenvalue weighted by Crippen LogP contribution is -2.17. The predicted molar refractivity (Wildman–Crippen MR) is 86.9 cm³/mol. The van der Waals surface area contributed by atoms with Gasteiger partial charge >= 0.3 is 0 Å². The molecule has 0 bridgehead atoms. The average molecular weight is 354 g/mol. The van der Waals surface area contributed by atoms with E-state index in [2.05, 4.69) is 14.8 Å². The van der Waals surface area contributed by atoms with Crippen LogP contribution in [0, 0.1) is 19.7 Å². The van der Waals surface area contributed by atoms with E-state index in [1.165, 1.54) is 41.0 Å². The molecule has 1 N–H and O–H groups in total. The van der Waals surface area contributed by atoms with Crippen LogP contribution in [0.15, 0.2) is 23.2 Å². The third-order valence-corrected chi connectivity index (χ3v) is 5.95. The normalized spacial score (nSPS) is 12.0. The molecule has 6 nitrogen and oxygen atoms in total. The van der Waals surface area contributed by atoms with Crippen molar-refractivity contribution in [2.75, 3.05) is 4.72 Å². The third-order valence-electron chi connectivity index (χ3n) is 3.44. The Morgan fingerprint density at radius 1 is 1.35 bits per heavy atom. The van der Waals surface area contributed by atoms with Crippen molar-refractivity contribution in [1.29, 1.82) is 0 Å². The highest BCUT2D eigenvalue weighted by Gasteiger charge is 2.26. The maximum atomic E-state index is 13.6. The fourth-order valence-electron chi connectivity index (χ4n) is 2.23. The lowest BCUT2D eigenvalue weighted by Gasteiger charge is -2.10. The topological polar surface area (TPSA) is 76.4 Å². The van der Waals surface area contributed by atoms with Gasteiger partial charge in [0.05, 0.1) is 11.4 Å². The number of imidazole rings is 1. The van der Waals surface area contributed by atoms with Gasteiger partial charge in [0.2, 0.25) is 9.99 Å². The number of fused-ring (bicyclic) bond motifs is 1. The molecule has 9 heteroatoms. The summed E-state index contributed by atoms with van der Waals surface area (Å²) in [6.45, 7) is 5.07. The van der Waals surface area contributed by atoms with E-state index in [0.717, 1.165) is 5.01 Å². The summed E-state index contributed by atoms with van der Waals surface area (Å²) in [7, 11) is -3.93. The standard InChI is InChI=1S/C14H15FN4O2S2/c1-4-12-17-19-13(9(3)16-14(19)22-12)23(20,21)18-11-7-5-6-10(15)8(11)2/h5-7,18H,4H2,1-3H3. The number of aromatic nitrogens is 3. The Balaban J connectivity index is 2.11. The van der Waals surface area contributed by atoms with Crippen molar-refractivity contribution in [1.82, 2.24) is 14.6 Å². The quantitative estimate of drug-likeness (QED) is 0.781. The highest BCUT2D eigenvalue weighted by atomic mass is 32.2. The van der Waals surface area contributed by atoms with Crippen LogP contribution in [-0.2, 0) is 16.4 Å². The van der Waals surface area contributed by atoms with Crippen molar-refractivity contribution in [3.8, 4) is 0 Å². The Morgan fingerprint density at radius 2 is 2.09 bits per heavy atom. The summed E-state index contributed by atoms with van der Waals surface area (Å²) in [6, 6.07) is 4.25. The SMILES string of the molecule is CCc1nn2c(S(=O)(=O)Nc3cccc(F)c3C)c(C)nc2s1. The van der Waals surface area contributed by atoms with E-state index in [0.29, 0.717) is 17.1 Å². The number of halogens is 1. The van der Waals surface area contributed by atoms with Gasteiger partial charge in [0.25, 0.3) is 10.0 Å². The monoisotopic (exact) mass is 354 g/mol. The predicted octanol–water partition coefficient (Wildman–Crippen LogP) is 2.91. The summed E-state index contributed by atoms with van der Waals surface area (Å²) in [5.41, 5.74) is 0.792. The Morgan fingerprint density at radius 3 is 2.78 bits per heavy atom. The zero-order valence-corrected chi connectivity index (χ0v) is 14.4. The molecule has 0 fully saturated rings. The van der Waals surface area contributed by atoms with Crippen LogP contribution in [0.5, 0.6) is 0 Å². The molecule has 0 aliphatic heterocycles. The molecule has 0 aliphatic rings. The molecule has 2 heterocycles. The smallest absolute Gasteiger partial charge is 0.278 e. The highest BCUT2D eigenvalue weighted by Crippen LogP contribution is 2.26. The molecule has 0 radical (unpaired) electrons. The molecule has 0 atom stereocenters. The van der Waals surface area contributed by atoms with Gasteiger partial charge in [-0.3, -0.25) is 4.72 Å². The summed E-state index contributed by atoms with van der Waals surface area (Å²) in [5, 5.41) is 5.06. The number of nitrogens with zero attached hydrogens (tertiary/aromatic N) is 3.